The fourth-order valence-corrected chi connectivity index (χ4v) is 8.37. The smallest absolute Gasteiger partial charge is 0.164 e. The third-order valence-electron chi connectivity index (χ3n) is 11.1. The van der Waals surface area contributed by atoms with E-state index in [1.54, 1.807) is 0 Å². The van der Waals surface area contributed by atoms with Gasteiger partial charge in [-0.2, -0.15) is 5.26 Å². The van der Waals surface area contributed by atoms with E-state index < -0.39 is 5.41 Å². The van der Waals surface area contributed by atoms with E-state index in [1.807, 2.05) is 42.5 Å². The van der Waals surface area contributed by atoms with Gasteiger partial charge in [0.05, 0.1) is 17.0 Å². The lowest BCUT2D eigenvalue weighted by molar-refractivity contribution is 0.768. The number of hydrogen-bond acceptors (Lipinski definition) is 4. The molecule has 0 aliphatic heterocycles. The van der Waals surface area contributed by atoms with Crippen LogP contribution in [0.4, 0.5) is 0 Å². The minimum atomic E-state index is -0.608. The summed E-state index contributed by atoms with van der Waals surface area (Å²) in [6, 6.07) is 74.0. The number of benzene rings is 8. The molecule has 266 valence electrons. The maximum Gasteiger partial charge on any atom is 0.164 e. The van der Waals surface area contributed by atoms with Gasteiger partial charge in [-0.15, -0.1) is 0 Å². The SMILES string of the molecule is N#Cc1ccc2c(c1)C(c1ccccc1)(c1ccccc1)c1cc(-c3ccc(-c4nc(-c5ccccc5)nc(-c5cccc(-c6ccccc6)c5)n4)cc3)ccc1-2. The Balaban J connectivity index is 1.09. The average molecular weight is 727 g/mol. The summed E-state index contributed by atoms with van der Waals surface area (Å²) in [7, 11) is 0. The summed E-state index contributed by atoms with van der Waals surface area (Å²) in [5.41, 5.74) is 14.2. The van der Waals surface area contributed by atoms with Crippen LogP contribution in [0.25, 0.3) is 67.5 Å². The number of hydrogen-bond donors (Lipinski definition) is 0. The van der Waals surface area contributed by atoms with Crippen LogP contribution in [-0.4, -0.2) is 15.0 Å². The standard InChI is InChI=1S/C53H34N4/c54-35-36-24-30-46-47-31-29-42(34-49(47)53(48(46)32-36,44-20-9-3-10-21-44)45-22-11-4-12-23-45)38-25-27-40(28-26-38)51-55-50(39-16-7-2-8-17-39)56-52(57-51)43-19-13-18-41(33-43)37-14-5-1-6-15-37/h1-34H. The van der Waals surface area contributed by atoms with Crippen molar-refractivity contribution in [2.24, 2.45) is 0 Å². The summed E-state index contributed by atoms with van der Waals surface area (Å²) in [6.45, 7) is 0. The highest BCUT2D eigenvalue weighted by Gasteiger charge is 2.46. The Labute approximate surface area is 332 Å². The second-order valence-electron chi connectivity index (χ2n) is 14.3. The van der Waals surface area contributed by atoms with E-state index in [4.69, 9.17) is 15.0 Å². The molecule has 9 aromatic rings. The van der Waals surface area contributed by atoms with E-state index in [1.165, 1.54) is 11.1 Å². The van der Waals surface area contributed by atoms with Gasteiger partial charge < -0.3 is 0 Å². The molecule has 1 aromatic heterocycles. The van der Waals surface area contributed by atoms with Crippen LogP contribution in [0.15, 0.2) is 206 Å². The van der Waals surface area contributed by atoms with Gasteiger partial charge in [-0.3, -0.25) is 0 Å². The molecule has 10 rings (SSSR count). The fourth-order valence-electron chi connectivity index (χ4n) is 8.37. The number of nitriles is 1. The van der Waals surface area contributed by atoms with Crippen LogP contribution >= 0.6 is 0 Å². The van der Waals surface area contributed by atoms with Crippen LogP contribution in [0.5, 0.6) is 0 Å². The number of aromatic nitrogens is 3. The predicted octanol–water partition coefficient (Wildman–Crippen LogP) is 12.4. The van der Waals surface area contributed by atoms with Gasteiger partial charge in [0.25, 0.3) is 0 Å². The normalized spacial score (nSPS) is 12.3. The topological polar surface area (TPSA) is 62.5 Å². The lowest BCUT2D eigenvalue weighted by atomic mass is 9.67. The van der Waals surface area contributed by atoms with Crippen LogP contribution < -0.4 is 0 Å². The van der Waals surface area contributed by atoms with E-state index in [0.717, 1.165) is 61.2 Å². The summed E-state index contributed by atoms with van der Waals surface area (Å²) in [4.78, 5) is 15.1. The molecule has 0 saturated carbocycles. The first kappa shape index (κ1) is 33.8. The average Bonchev–Trinajstić information content (AvgIpc) is 3.59. The highest BCUT2D eigenvalue weighted by molar-refractivity contribution is 5.89. The molecule has 0 spiro atoms. The van der Waals surface area contributed by atoms with Crippen molar-refractivity contribution < 1.29 is 0 Å². The zero-order valence-electron chi connectivity index (χ0n) is 30.9. The summed E-state index contributed by atoms with van der Waals surface area (Å²) in [5.74, 6) is 1.86. The third kappa shape index (κ3) is 5.90. The highest BCUT2D eigenvalue weighted by atomic mass is 15.0. The molecular formula is C53H34N4. The van der Waals surface area contributed by atoms with Gasteiger partial charge in [0, 0.05) is 16.7 Å². The Morgan fingerprint density at radius 3 is 1.33 bits per heavy atom. The first-order valence-electron chi connectivity index (χ1n) is 19.1. The van der Waals surface area contributed by atoms with Gasteiger partial charge in [0.1, 0.15) is 0 Å². The summed E-state index contributed by atoms with van der Waals surface area (Å²) >= 11 is 0. The first-order chi connectivity index (χ1) is 28.2. The number of rotatable bonds is 7. The fraction of sp³-hybridized carbons (Fsp3) is 0.0189. The predicted molar refractivity (Wildman–Crippen MR) is 229 cm³/mol. The molecule has 0 unspecified atom stereocenters. The molecule has 0 N–H and O–H groups in total. The Hall–Kier alpha value is -7.74. The maximum atomic E-state index is 10.0. The molecule has 0 saturated heterocycles. The van der Waals surface area contributed by atoms with Crippen LogP contribution in [-0.2, 0) is 5.41 Å². The summed E-state index contributed by atoms with van der Waals surface area (Å²) in [6.07, 6.45) is 0. The molecule has 4 nitrogen and oxygen atoms in total. The molecule has 0 fully saturated rings. The summed E-state index contributed by atoms with van der Waals surface area (Å²) in [5, 5.41) is 10.0. The van der Waals surface area contributed by atoms with E-state index in [9.17, 15) is 5.26 Å². The molecule has 1 aliphatic carbocycles. The van der Waals surface area contributed by atoms with Gasteiger partial charge in [0.15, 0.2) is 17.5 Å². The minimum absolute atomic E-state index is 0.608. The van der Waals surface area contributed by atoms with Gasteiger partial charge in [-0.05, 0) is 79.9 Å². The summed E-state index contributed by atoms with van der Waals surface area (Å²) < 4.78 is 0. The van der Waals surface area contributed by atoms with Crippen LogP contribution in [0, 0.1) is 11.3 Å². The van der Waals surface area contributed by atoms with E-state index >= 15 is 0 Å². The largest absolute Gasteiger partial charge is 0.208 e. The van der Waals surface area contributed by atoms with Crippen molar-refractivity contribution in [3.8, 4) is 73.6 Å². The van der Waals surface area contributed by atoms with Crippen LogP contribution in [0.1, 0.15) is 27.8 Å². The zero-order chi connectivity index (χ0) is 38.2. The van der Waals surface area contributed by atoms with Crippen molar-refractivity contribution in [1.82, 2.24) is 15.0 Å². The second-order valence-corrected chi connectivity index (χ2v) is 14.3. The molecule has 0 radical (unpaired) electrons. The quantitative estimate of drug-likeness (QED) is 0.164. The molecule has 57 heavy (non-hydrogen) atoms. The first-order valence-corrected chi connectivity index (χ1v) is 19.1. The van der Waals surface area contributed by atoms with Crippen molar-refractivity contribution in [2.45, 2.75) is 5.41 Å². The molecule has 0 amide bonds. The Morgan fingerprint density at radius 2 is 0.737 bits per heavy atom. The van der Waals surface area contributed by atoms with Crippen molar-refractivity contribution in [1.29, 1.82) is 5.26 Å². The van der Waals surface area contributed by atoms with Gasteiger partial charge in [0.2, 0.25) is 0 Å². The number of nitrogens with zero attached hydrogens (tertiary/aromatic N) is 4. The molecule has 1 aliphatic rings. The third-order valence-corrected chi connectivity index (χ3v) is 11.1. The van der Waals surface area contributed by atoms with Crippen molar-refractivity contribution in [2.75, 3.05) is 0 Å². The zero-order valence-corrected chi connectivity index (χ0v) is 30.9. The van der Waals surface area contributed by atoms with Crippen LogP contribution in [0.2, 0.25) is 0 Å². The van der Waals surface area contributed by atoms with Gasteiger partial charge in [-0.1, -0.05) is 182 Å². The second kappa shape index (κ2) is 14.2. The van der Waals surface area contributed by atoms with E-state index in [2.05, 4.69) is 170 Å². The van der Waals surface area contributed by atoms with Crippen molar-refractivity contribution in [3.63, 3.8) is 0 Å². The van der Waals surface area contributed by atoms with Crippen molar-refractivity contribution in [3.05, 3.63) is 234 Å². The Kier molecular flexibility index (Phi) is 8.39. The monoisotopic (exact) mass is 726 g/mol. The van der Waals surface area contributed by atoms with Crippen molar-refractivity contribution >= 4 is 0 Å². The molecule has 8 aromatic carbocycles. The van der Waals surface area contributed by atoms with Gasteiger partial charge >= 0.3 is 0 Å². The Bertz CT molecular complexity index is 2900. The molecular weight excluding hydrogens is 693 g/mol. The molecule has 4 heteroatoms. The van der Waals surface area contributed by atoms with E-state index in [0.29, 0.717) is 23.0 Å². The minimum Gasteiger partial charge on any atom is -0.208 e. The lowest BCUT2D eigenvalue weighted by Gasteiger charge is -2.34. The van der Waals surface area contributed by atoms with E-state index in [-0.39, 0.29) is 0 Å². The highest BCUT2D eigenvalue weighted by Crippen LogP contribution is 2.57. The molecule has 1 heterocycles. The van der Waals surface area contributed by atoms with Gasteiger partial charge in [-0.25, -0.2) is 15.0 Å². The lowest BCUT2D eigenvalue weighted by Crippen LogP contribution is -2.28. The molecule has 0 atom stereocenters. The number of fused-ring (bicyclic) bond motifs is 3. The maximum absolute atomic E-state index is 10.0. The Morgan fingerprint density at radius 1 is 0.333 bits per heavy atom. The van der Waals surface area contributed by atoms with Crippen LogP contribution in [0.3, 0.4) is 0 Å². The molecule has 0 bridgehead atoms.